The summed E-state index contributed by atoms with van der Waals surface area (Å²) in [5, 5.41) is 9.27. The summed E-state index contributed by atoms with van der Waals surface area (Å²) in [6.07, 6.45) is 4.84. The van der Waals surface area contributed by atoms with Crippen LogP contribution in [-0.2, 0) is 14.3 Å². The topological polar surface area (TPSA) is 66.8 Å². The summed E-state index contributed by atoms with van der Waals surface area (Å²) in [7, 11) is 0. The van der Waals surface area contributed by atoms with Gasteiger partial charge in [0.1, 0.15) is 12.6 Å². The number of aliphatic carboxylic acids is 1. The van der Waals surface area contributed by atoms with Crippen LogP contribution in [0.4, 0.5) is 0 Å². The first kappa shape index (κ1) is 13.3. The number of hydrogen-bond acceptors (Lipinski definition) is 3. The van der Waals surface area contributed by atoms with Gasteiger partial charge in [0, 0.05) is 12.6 Å². The summed E-state index contributed by atoms with van der Waals surface area (Å²) in [5.74, 6) is -0.682. The zero-order valence-corrected chi connectivity index (χ0v) is 10.8. The summed E-state index contributed by atoms with van der Waals surface area (Å²) in [4.78, 5) is 25.0. The number of likely N-dealkylation sites (tertiary alicyclic amines) is 1. The second kappa shape index (κ2) is 5.69. The highest BCUT2D eigenvalue weighted by Gasteiger charge is 2.47. The summed E-state index contributed by atoms with van der Waals surface area (Å²) < 4.78 is 5.13. The molecule has 3 unspecified atom stereocenters. The van der Waals surface area contributed by atoms with E-state index in [0.29, 0.717) is 18.9 Å². The molecule has 1 N–H and O–H groups in total. The normalized spacial score (nSPS) is 31.2. The average Bonchev–Trinajstić information content (AvgIpc) is 2.75. The van der Waals surface area contributed by atoms with Crippen LogP contribution >= 0.6 is 0 Å². The first-order valence-corrected chi connectivity index (χ1v) is 6.76. The third-order valence-electron chi connectivity index (χ3n) is 4.09. The average molecular weight is 255 g/mol. The Bertz CT molecular complexity index is 331. The molecule has 102 valence electrons. The fraction of sp³-hybridized carbons (Fsp3) is 0.846. The standard InChI is InChI=1S/C13H21NO4/c1-2-18-8-12(15)14-10-6-4-3-5-9(10)7-11(14)13(16)17/h9-11H,2-8H2,1H3,(H,16,17). The van der Waals surface area contributed by atoms with Gasteiger partial charge in [0.25, 0.3) is 0 Å². The molecule has 2 aliphatic rings. The van der Waals surface area contributed by atoms with Crippen molar-refractivity contribution >= 4 is 11.9 Å². The van der Waals surface area contributed by atoms with E-state index in [-0.39, 0.29) is 18.6 Å². The molecule has 0 spiro atoms. The van der Waals surface area contributed by atoms with Gasteiger partial charge in [0.2, 0.25) is 5.91 Å². The Balaban J connectivity index is 2.11. The van der Waals surface area contributed by atoms with Crippen LogP contribution in [0.1, 0.15) is 39.0 Å². The van der Waals surface area contributed by atoms with E-state index in [4.69, 9.17) is 4.74 Å². The van der Waals surface area contributed by atoms with E-state index >= 15 is 0 Å². The van der Waals surface area contributed by atoms with E-state index in [9.17, 15) is 14.7 Å². The second-order valence-electron chi connectivity index (χ2n) is 5.14. The summed E-state index contributed by atoms with van der Waals surface area (Å²) in [6, 6.07) is -0.529. The van der Waals surface area contributed by atoms with E-state index < -0.39 is 12.0 Å². The van der Waals surface area contributed by atoms with Gasteiger partial charge < -0.3 is 14.7 Å². The maximum absolute atomic E-state index is 12.1. The summed E-state index contributed by atoms with van der Waals surface area (Å²) >= 11 is 0. The Morgan fingerprint density at radius 3 is 2.72 bits per heavy atom. The van der Waals surface area contributed by atoms with Crippen molar-refractivity contribution in [3.63, 3.8) is 0 Å². The van der Waals surface area contributed by atoms with Gasteiger partial charge >= 0.3 is 5.97 Å². The molecule has 1 saturated carbocycles. The lowest BCUT2D eigenvalue weighted by Crippen LogP contribution is -2.47. The number of ether oxygens (including phenoxy) is 1. The van der Waals surface area contributed by atoms with Crippen molar-refractivity contribution in [1.82, 2.24) is 4.90 Å². The van der Waals surface area contributed by atoms with Crippen LogP contribution in [0, 0.1) is 5.92 Å². The molecule has 1 aliphatic carbocycles. The number of carboxylic acid groups (broad SMARTS) is 1. The molecule has 0 bridgehead atoms. The molecule has 1 heterocycles. The highest BCUT2D eigenvalue weighted by molar-refractivity contribution is 5.85. The minimum Gasteiger partial charge on any atom is -0.480 e. The molecule has 0 radical (unpaired) electrons. The zero-order chi connectivity index (χ0) is 13.1. The van der Waals surface area contributed by atoms with Crippen LogP contribution in [0.15, 0.2) is 0 Å². The lowest BCUT2D eigenvalue weighted by molar-refractivity contribution is -0.151. The first-order valence-electron chi connectivity index (χ1n) is 6.76. The van der Waals surface area contributed by atoms with Gasteiger partial charge in [-0.3, -0.25) is 4.79 Å². The van der Waals surface area contributed by atoms with Crippen LogP contribution in [0.5, 0.6) is 0 Å². The van der Waals surface area contributed by atoms with Crippen molar-refractivity contribution in [1.29, 1.82) is 0 Å². The minimum atomic E-state index is -0.880. The van der Waals surface area contributed by atoms with Crippen molar-refractivity contribution in [2.75, 3.05) is 13.2 Å². The number of rotatable bonds is 4. The highest BCUT2D eigenvalue weighted by Crippen LogP contribution is 2.39. The number of amides is 1. The van der Waals surface area contributed by atoms with E-state index in [1.54, 1.807) is 4.90 Å². The van der Waals surface area contributed by atoms with Crippen LogP contribution in [0.2, 0.25) is 0 Å². The van der Waals surface area contributed by atoms with Gasteiger partial charge in [-0.2, -0.15) is 0 Å². The maximum Gasteiger partial charge on any atom is 0.326 e. The van der Waals surface area contributed by atoms with Crippen LogP contribution < -0.4 is 0 Å². The van der Waals surface area contributed by atoms with Gasteiger partial charge in [-0.25, -0.2) is 4.79 Å². The van der Waals surface area contributed by atoms with Crippen LogP contribution in [-0.4, -0.2) is 47.2 Å². The molecule has 0 aromatic rings. The van der Waals surface area contributed by atoms with E-state index in [0.717, 1.165) is 25.7 Å². The van der Waals surface area contributed by atoms with Gasteiger partial charge in [-0.1, -0.05) is 12.8 Å². The summed E-state index contributed by atoms with van der Waals surface area (Å²) in [5.41, 5.74) is 0. The van der Waals surface area contributed by atoms with Crippen molar-refractivity contribution < 1.29 is 19.4 Å². The quantitative estimate of drug-likeness (QED) is 0.821. The fourth-order valence-corrected chi connectivity index (χ4v) is 3.30. The first-order chi connectivity index (χ1) is 8.65. The molecule has 2 fully saturated rings. The Morgan fingerprint density at radius 1 is 1.33 bits per heavy atom. The lowest BCUT2D eigenvalue weighted by Gasteiger charge is -2.32. The Kier molecular flexibility index (Phi) is 4.22. The zero-order valence-electron chi connectivity index (χ0n) is 10.8. The molecule has 2 rings (SSSR count). The summed E-state index contributed by atoms with van der Waals surface area (Å²) in [6.45, 7) is 2.31. The van der Waals surface area contributed by atoms with Crippen molar-refractivity contribution in [2.24, 2.45) is 5.92 Å². The Hall–Kier alpha value is -1.10. The molecule has 18 heavy (non-hydrogen) atoms. The SMILES string of the molecule is CCOCC(=O)N1C(C(=O)O)CC2CCCCC21. The molecule has 5 heteroatoms. The molecular formula is C13H21NO4. The number of nitrogens with zero attached hydrogens (tertiary/aromatic N) is 1. The molecule has 1 saturated heterocycles. The predicted molar refractivity (Wildman–Crippen MR) is 65.1 cm³/mol. The van der Waals surface area contributed by atoms with E-state index in [1.807, 2.05) is 6.92 Å². The monoisotopic (exact) mass is 255 g/mol. The lowest BCUT2D eigenvalue weighted by atomic mass is 9.85. The third-order valence-corrected chi connectivity index (χ3v) is 4.09. The second-order valence-corrected chi connectivity index (χ2v) is 5.14. The Morgan fingerprint density at radius 2 is 2.06 bits per heavy atom. The maximum atomic E-state index is 12.1. The largest absolute Gasteiger partial charge is 0.480 e. The number of carboxylic acids is 1. The van der Waals surface area contributed by atoms with Crippen molar-refractivity contribution in [3.05, 3.63) is 0 Å². The van der Waals surface area contributed by atoms with Gasteiger partial charge in [-0.05, 0) is 32.1 Å². The molecule has 1 aliphatic heterocycles. The number of fused-ring (bicyclic) bond motifs is 1. The number of hydrogen-bond donors (Lipinski definition) is 1. The molecule has 1 amide bonds. The fourth-order valence-electron chi connectivity index (χ4n) is 3.30. The van der Waals surface area contributed by atoms with Crippen LogP contribution in [0.25, 0.3) is 0 Å². The van der Waals surface area contributed by atoms with Gasteiger partial charge in [0.15, 0.2) is 0 Å². The predicted octanol–water partition coefficient (Wildman–Crippen LogP) is 1.27. The smallest absolute Gasteiger partial charge is 0.326 e. The van der Waals surface area contributed by atoms with Gasteiger partial charge in [0.05, 0.1) is 0 Å². The minimum absolute atomic E-state index is 0.00347. The van der Waals surface area contributed by atoms with Crippen molar-refractivity contribution in [2.45, 2.75) is 51.1 Å². The van der Waals surface area contributed by atoms with Crippen LogP contribution in [0.3, 0.4) is 0 Å². The van der Waals surface area contributed by atoms with E-state index in [1.165, 1.54) is 0 Å². The molecule has 3 atom stereocenters. The number of carbonyl (C=O) groups excluding carboxylic acids is 1. The molecule has 0 aromatic heterocycles. The molecule has 0 aromatic carbocycles. The van der Waals surface area contributed by atoms with Crippen molar-refractivity contribution in [3.8, 4) is 0 Å². The molecule has 5 nitrogen and oxygen atoms in total. The third kappa shape index (κ3) is 2.51. The Labute approximate surface area is 107 Å². The molecular weight excluding hydrogens is 234 g/mol. The number of carbonyl (C=O) groups is 2. The van der Waals surface area contributed by atoms with Gasteiger partial charge in [-0.15, -0.1) is 0 Å². The highest BCUT2D eigenvalue weighted by atomic mass is 16.5. The van der Waals surface area contributed by atoms with E-state index in [2.05, 4.69) is 0 Å².